The molecule has 0 aliphatic heterocycles. The number of carboxylic acid groups (broad SMARTS) is 1. The van der Waals surface area contributed by atoms with E-state index in [1.54, 1.807) is 0 Å². The van der Waals surface area contributed by atoms with Crippen LogP contribution < -0.4 is 5.73 Å². The van der Waals surface area contributed by atoms with Gasteiger partial charge in [0.1, 0.15) is 6.04 Å². The zero-order valence-corrected chi connectivity index (χ0v) is 8.87. The van der Waals surface area contributed by atoms with E-state index in [1.165, 1.54) is 0 Å². The number of nitrogens with two attached hydrogens (primary N) is 1. The Morgan fingerprint density at radius 1 is 1.58 bits per heavy atom. The van der Waals surface area contributed by atoms with Crippen LogP contribution in [0.25, 0.3) is 0 Å². The van der Waals surface area contributed by atoms with Crippen molar-refractivity contribution in [3.8, 4) is 0 Å². The molecule has 1 unspecified atom stereocenters. The second-order valence-electron chi connectivity index (χ2n) is 3.95. The van der Waals surface area contributed by atoms with Gasteiger partial charge < -0.3 is 10.8 Å². The lowest BCUT2D eigenvalue weighted by molar-refractivity contribution is -0.138. The van der Waals surface area contributed by atoms with Crippen molar-refractivity contribution in [1.29, 1.82) is 0 Å². The molecule has 0 amide bonds. The number of rotatable bonds is 4. The molecule has 0 bridgehead atoms. The SMILES string of the molecule is C[Si](C)(C)/C=C\CC(N)C(=O)O. The molecule has 0 heterocycles. The van der Waals surface area contributed by atoms with Gasteiger partial charge in [-0.1, -0.05) is 31.4 Å². The first-order chi connectivity index (χ1) is 5.33. The van der Waals surface area contributed by atoms with Gasteiger partial charge in [0.25, 0.3) is 0 Å². The Morgan fingerprint density at radius 3 is 2.42 bits per heavy atom. The van der Waals surface area contributed by atoms with Gasteiger partial charge in [0.15, 0.2) is 0 Å². The van der Waals surface area contributed by atoms with Gasteiger partial charge in [-0.2, -0.15) is 0 Å². The third-order valence-electron chi connectivity index (χ3n) is 1.33. The first kappa shape index (κ1) is 11.4. The predicted octanol–water partition coefficient (Wildman–Crippen LogP) is 1.22. The van der Waals surface area contributed by atoms with Crippen molar-refractivity contribution in [2.45, 2.75) is 32.1 Å². The van der Waals surface area contributed by atoms with Crippen LogP contribution in [0.5, 0.6) is 0 Å². The van der Waals surface area contributed by atoms with Crippen LogP contribution in [0.2, 0.25) is 19.6 Å². The second-order valence-corrected chi connectivity index (χ2v) is 9.01. The molecule has 3 nitrogen and oxygen atoms in total. The lowest BCUT2D eigenvalue weighted by Crippen LogP contribution is -2.29. The van der Waals surface area contributed by atoms with E-state index in [4.69, 9.17) is 10.8 Å². The highest BCUT2D eigenvalue weighted by Gasteiger charge is 2.10. The maximum absolute atomic E-state index is 10.3. The number of hydrogen-bond acceptors (Lipinski definition) is 2. The van der Waals surface area contributed by atoms with E-state index in [9.17, 15) is 4.79 Å². The van der Waals surface area contributed by atoms with Crippen molar-refractivity contribution >= 4 is 14.0 Å². The molecular weight excluding hydrogens is 170 g/mol. The molecule has 0 aliphatic carbocycles. The third-order valence-corrected chi connectivity index (χ3v) is 2.56. The van der Waals surface area contributed by atoms with Crippen molar-refractivity contribution in [1.82, 2.24) is 0 Å². The van der Waals surface area contributed by atoms with Crippen LogP contribution in [-0.4, -0.2) is 25.2 Å². The number of carbonyl (C=O) groups is 1. The van der Waals surface area contributed by atoms with E-state index in [-0.39, 0.29) is 0 Å². The predicted molar refractivity (Wildman–Crippen MR) is 52.7 cm³/mol. The molecule has 0 aliphatic rings. The molecule has 1 atom stereocenters. The molecule has 0 aromatic heterocycles. The maximum Gasteiger partial charge on any atom is 0.320 e. The average molecular weight is 187 g/mol. The largest absolute Gasteiger partial charge is 0.480 e. The first-order valence-electron chi connectivity index (χ1n) is 3.99. The topological polar surface area (TPSA) is 63.3 Å². The van der Waals surface area contributed by atoms with Gasteiger partial charge in [0.05, 0.1) is 8.07 Å². The van der Waals surface area contributed by atoms with E-state index in [0.29, 0.717) is 6.42 Å². The van der Waals surface area contributed by atoms with Crippen molar-refractivity contribution in [2.24, 2.45) is 5.73 Å². The van der Waals surface area contributed by atoms with E-state index in [1.807, 2.05) is 6.08 Å². The summed E-state index contributed by atoms with van der Waals surface area (Å²) in [5, 5.41) is 8.46. The fraction of sp³-hybridized carbons (Fsp3) is 0.625. The minimum atomic E-state index is -1.19. The average Bonchev–Trinajstić information content (AvgIpc) is 1.84. The molecule has 0 radical (unpaired) electrons. The van der Waals surface area contributed by atoms with Crippen LogP contribution in [-0.2, 0) is 4.79 Å². The van der Waals surface area contributed by atoms with Crippen LogP contribution in [0.1, 0.15) is 6.42 Å². The molecule has 0 saturated heterocycles. The summed E-state index contributed by atoms with van der Waals surface area (Å²) in [5.74, 6) is -0.935. The van der Waals surface area contributed by atoms with E-state index in [2.05, 4.69) is 25.3 Å². The van der Waals surface area contributed by atoms with Gasteiger partial charge in [-0.25, -0.2) is 0 Å². The molecule has 4 heteroatoms. The van der Waals surface area contributed by atoms with Gasteiger partial charge in [-0.3, -0.25) is 4.79 Å². The monoisotopic (exact) mass is 187 g/mol. The highest BCUT2D eigenvalue weighted by Crippen LogP contribution is 2.03. The van der Waals surface area contributed by atoms with Crippen LogP contribution in [0.3, 0.4) is 0 Å². The summed E-state index contributed by atoms with van der Waals surface area (Å²) in [5.41, 5.74) is 7.42. The maximum atomic E-state index is 10.3. The van der Waals surface area contributed by atoms with E-state index < -0.39 is 20.1 Å². The number of carboxylic acids is 1. The summed E-state index contributed by atoms with van der Waals surface area (Å²) in [6.07, 6.45) is 2.31. The first-order valence-corrected chi connectivity index (χ1v) is 7.57. The van der Waals surface area contributed by atoms with Gasteiger partial charge in [0, 0.05) is 0 Å². The zero-order chi connectivity index (χ0) is 9.78. The minimum Gasteiger partial charge on any atom is -0.480 e. The fourth-order valence-electron chi connectivity index (χ4n) is 0.669. The molecule has 0 fully saturated rings. The molecule has 70 valence electrons. The molecular formula is C8H17NO2Si. The molecule has 0 spiro atoms. The summed E-state index contributed by atoms with van der Waals surface area (Å²) >= 11 is 0. The van der Waals surface area contributed by atoms with Gasteiger partial charge in [0.2, 0.25) is 0 Å². The smallest absolute Gasteiger partial charge is 0.320 e. The van der Waals surface area contributed by atoms with E-state index >= 15 is 0 Å². The number of aliphatic carboxylic acids is 1. The highest BCUT2D eigenvalue weighted by atomic mass is 28.3. The summed E-state index contributed by atoms with van der Waals surface area (Å²) in [6.45, 7) is 6.57. The van der Waals surface area contributed by atoms with Crippen LogP contribution in [0.15, 0.2) is 11.8 Å². The number of hydrogen-bond donors (Lipinski definition) is 2. The van der Waals surface area contributed by atoms with Crippen molar-refractivity contribution in [3.05, 3.63) is 11.8 Å². The Labute approximate surface area is 74.3 Å². The van der Waals surface area contributed by atoms with Crippen LogP contribution in [0.4, 0.5) is 0 Å². The van der Waals surface area contributed by atoms with Crippen LogP contribution in [0, 0.1) is 0 Å². The Bertz CT molecular complexity index is 184. The molecule has 0 rings (SSSR count). The summed E-state index contributed by atoms with van der Waals surface area (Å²) in [6, 6.07) is -0.752. The van der Waals surface area contributed by atoms with Gasteiger partial charge in [-0.05, 0) is 6.42 Å². The quantitative estimate of drug-likeness (QED) is 0.650. The van der Waals surface area contributed by atoms with Gasteiger partial charge >= 0.3 is 5.97 Å². The Morgan fingerprint density at radius 2 is 2.08 bits per heavy atom. The lowest BCUT2D eigenvalue weighted by Gasteiger charge is -2.08. The normalized spacial score (nSPS) is 15.0. The van der Waals surface area contributed by atoms with Crippen molar-refractivity contribution in [3.63, 3.8) is 0 Å². The highest BCUT2D eigenvalue weighted by molar-refractivity contribution is 6.80. The van der Waals surface area contributed by atoms with Crippen molar-refractivity contribution < 1.29 is 9.90 Å². The lowest BCUT2D eigenvalue weighted by atomic mass is 10.2. The Hall–Kier alpha value is -0.613. The fourth-order valence-corrected chi connectivity index (χ4v) is 1.51. The standard InChI is InChI=1S/C8H17NO2Si/c1-12(2,3)6-4-5-7(9)8(10)11/h4,6-7H,5,9H2,1-3H3,(H,10,11)/b6-4-. The molecule has 3 N–H and O–H groups in total. The second kappa shape index (κ2) is 4.42. The molecule has 0 aromatic rings. The third kappa shape index (κ3) is 6.12. The van der Waals surface area contributed by atoms with Crippen molar-refractivity contribution in [2.75, 3.05) is 0 Å². The van der Waals surface area contributed by atoms with Gasteiger partial charge in [-0.15, -0.1) is 0 Å². The summed E-state index contributed by atoms with van der Waals surface area (Å²) in [4.78, 5) is 10.3. The van der Waals surface area contributed by atoms with E-state index in [0.717, 1.165) is 0 Å². The minimum absolute atomic E-state index is 0.430. The summed E-state index contributed by atoms with van der Waals surface area (Å²) < 4.78 is 0. The molecule has 12 heavy (non-hydrogen) atoms. The Balaban J connectivity index is 3.83. The molecule has 0 saturated carbocycles. The summed E-state index contributed by atoms with van der Waals surface area (Å²) in [7, 11) is -1.19. The van der Waals surface area contributed by atoms with Crippen LogP contribution >= 0.6 is 0 Å². The zero-order valence-electron chi connectivity index (χ0n) is 7.87. The molecule has 0 aromatic carbocycles. The Kier molecular flexibility index (Phi) is 4.20.